The highest BCUT2D eigenvalue weighted by Crippen LogP contribution is 2.48. The zero-order valence-corrected chi connectivity index (χ0v) is 29.1. The van der Waals surface area contributed by atoms with Gasteiger partial charge < -0.3 is 34.3 Å². The summed E-state index contributed by atoms with van der Waals surface area (Å²) >= 11 is 0. The highest BCUT2D eigenvalue weighted by atomic mass is 31.2. The van der Waals surface area contributed by atoms with Gasteiger partial charge in [-0.1, -0.05) is 57.2 Å². The molecule has 1 unspecified atom stereocenters. The number of aliphatic hydroxyl groups is 1. The van der Waals surface area contributed by atoms with Crippen molar-refractivity contribution in [1.82, 2.24) is 24.6 Å². The number of benzene rings is 2. The van der Waals surface area contributed by atoms with Crippen molar-refractivity contribution < 1.29 is 37.4 Å². The SMILES string of the molecule is C[C@H](NP(=O)(OC[C@H]1O[C@@H](Cn2cnc3c(N4CCC4)nc(N)nc32)[C@](C)(O)[C@@H]1F)Oc1cccc2ccccc12)C(=O)OCC(C)(C)C. The number of hydrogen-bond donors (Lipinski definition) is 3. The summed E-state index contributed by atoms with van der Waals surface area (Å²) in [4.78, 5) is 28.1. The lowest BCUT2D eigenvalue weighted by molar-refractivity contribution is -0.148. The van der Waals surface area contributed by atoms with Gasteiger partial charge in [0, 0.05) is 18.5 Å². The number of aromatic nitrogens is 4. The Morgan fingerprint density at radius 3 is 2.67 bits per heavy atom. The van der Waals surface area contributed by atoms with E-state index >= 15 is 4.39 Å². The number of esters is 1. The van der Waals surface area contributed by atoms with Crippen molar-refractivity contribution >= 4 is 47.4 Å². The Morgan fingerprint density at radius 2 is 1.96 bits per heavy atom. The van der Waals surface area contributed by atoms with Crippen LogP contribution in [0.3, 0.4) is 0 Å². The summed E-state index contributed by atoms with van der Waals surface area (Å²) in [6.07, 6.45) is -1.81. The van der Waals surface area contributed by atoms with Crippen LogP contribution in [0.4, 0.5) is 16.2 Å². The number of nitrogens with one attached hydrogen (secondary N) is 1. The van der Waals surface area contributed by atoms with Gasteiger partial charge in [0.15, 0.2) is 23.2 Å². The molecule has 16 heteroatoms. The molecule has 0 amide bonds. The third-order valence-electron chi connectivity index (χ3n) is 8.59. The second-order valence-corrected chi connectivity index (χ2v) is 15.7. The molecule has 264 valence electrons. The van der Waals surface area contributed by atoms with E-state index < -0.39 is 50.3 Å². The summed E-state index contributed by atoms with van der Waals surface area (Å²) in [7, 11) is -4.40. The molecule has 2 fully saturated rings. The topological polar surface area (TPSA) is 176 Å². The Kier molecular flexibility index (Phi) is 9.59. The first-order valence-corrected chi connectivity index (χ1v) is 17.8. The van der Waals surface area contributed by atoms with Crippen LogP contribution in [0.2, 0.25) is 0 Å². The van der Waals surface area contributed by atoms with Crippen LogP contribution < -0.4 is 20.2 Å². The summed E-state index contributed by atoms with van der Waals surface area (Å²) < 4.78 is 55.1. The van der Waals surface area contributed by atoms with Gasteiger partial charge in [0.05, 0.1) is 26.1 Å². The van der Waals surface area contributed by atoms with Crippen LogP contribution in [0, 0.1) is 5.41 Å². The Bertz CT molecular complexity index is 1870. The molecule has 0 radical (unpaired) electrons. The Morgan fingerprint density at radius 1 is 1.22 bits per heavy atom. The normalized spacial score (nSPS) is 24.5. The predicted molar refractivity (Wildman–Crippen MR) is 182 cm³/mol. The Labute approximate surface area is 283 Å². The molecule has 2 saturated heterocycles. The number of carbonyl (C=O) groups is 1. The monoisotopic (exact) mass is 699 g/mol. The second kappa shape index (κ2) is 13.4. The molecule has 14 nitrogen and oxygen atoms in total. The summed E-state index contributed by atoms with van der Waals surface area (Å²) in [6, 6.07) is 11.4. The summed E-state index contributed by atoms with van der Waals surface area (Å²) in [5.41, 5.74) is 4.71. The lowest BCUT2D eigenvalue weighted by Gasteiger charge is -2.32. The van der Waals surface area contributed by atoms with Gasteiger partial charge in [-0.25, -0.2) is 13.9 Å². The zero-order chi connectivity index (χ0) is 35.1. The largest absolute Gasteiger partial charge is 0.464 e. The number of imidazole rings is 1. The summed E-state index contributed by atoms with van der Waals surface area (Å²) in [5.74, 6) is 0.241. The number of alkyl halides is 1. The molecule has 0 spiro atoms. The third kappa shape index (κ3) is 7.51. The van der Waals surface area contributed by atoms with Crippen molar-refractivity contribution in [3.63, 3.8) is 0 Å². The first kappa shape index (κ1) is 35.0. The zero-order valence-electron chi connectivity index (χ0n) is 28.2. The molecule has 0 bridgehead atoms. The van der Waals surface area contributed by atoms with E-state index in [4.69, 9.17) is 24.3 Å². The average molecular weight is 700 g/mol. The quantitative estimate of drug-likeness (QED) is 0.140. The fraction of sp³-hybridized carbons (Fsp3) is 0.515. The van der Waals surface area contributed by atoms with Gasteiger partial charge in [-0.05, 0) is 37.1 Å². The minimum absolute atomic E-state index is 0.0185. The molecule has 49 heavy (non-hydrogen) atoms. The molecular weight excluding hydrogens is 656 g/mol. The number of hydrogen-bond acceptors (Lipinski definition) is 12. The Balaban J connectivity index is 1.21. The predicted octanol–water partition coefficient (Wildman–Crippen LogP) is 4.40. The van der Waals surface area contributed by atoms with E-state index in [0.717, 1.165) is 24.9 Å². The number of ether oxygens (including phenoxy) is 2. The van der Waals surface area contributed by atoms with Crippen LogP contribution in [0.25, 0.3) is 21.9 Å². The number of nitrogens with zero attached hydrogens (tertiary/aromatic N) is 5. The lowest BCUT2D eigenvalue weighted by atomic mass is 9.94. The van der Waals surface area contributed by atoms with Crippen LogP contribution in [-0.2, 0) is 29.9 Å². The van der Waals surface area contributed by atoms with Gasteiger partial charge in [-0.2, -0.15) is 15.1 Å². The number of nitrogens with two attached hydrogens (primary N) is 1. The molecule has 4 N–H and O–H groups in total. The van der Waals surface area contributed by atoms with E-state index in [1.807, 2.05) is 43.9 Å². The van der Waals surface area contributed by atoms with Gasteiger partial charge >= 0.3 is 13.7 Å². The fourth-order valence-electron chi connectivity index (χ4n) is 5.70. The smallest absolute Gasteiger partial charge is 0.459 e. The molecule has 2 aromatic heterocycles. The maximum atomic E-state index is 15.9. The average Bonchev–Trinajstić information content (AvgIpc) is 3.51. The van der Waals surface area contributed by atoms with Crippen molar-refractivity contribution in [3.05, 3.63) is 48.8 Å². The molecule has 4 heterocycles. The van der Waals surface area contributed by atoms with Gasteiger partial charge in [0.1, 0.15) is 29.6 Å². The minimum atomic E-state index is -4.40. The number of nitrogen functional groups attached to an aromatic ring is 1. The Hall–Kier alpha value is -3.88. The number of rotatable bonds is 12. The lowest BCUT2D eigenvalue weighted by Crippen LogP contribution is -2.45. The third-order valence-corrected chi connectivity index (χ3v) is 10.2. The molecular formula is C33H43FN7O7P. The molecule has 0 aliphatic carbocycles. The number of halogens is 1. The van der Waals surface area contributed by atoms with Gasteiger partial charge in [0.2, 0.25) is 5.95 Å². The molecule has 6 rings (SSSR count). The van der Waals surface area contributed by atoms with E-state index in [2.05, 4.69) is 20.0 Å². The second-order valence-electron chi connectivity index (χ2n) is 14.0. The molecule has 2 aliphatic rings. The van der Waals surface area contributed by atoms with Crippen LogP contribution in [0.1, 0.15) is 41.0 Å². The van der Waals surface area contributed by atoms with Gasteiger partial charge in [-0.15, -0.1) is 0 Å². The molecule has 4 aromatic rings. The van der Waals surface area contributed by atoms with Crippen LogP contribution >= 0.6 is 7.75 Å². The molecule has 2 aromatic carbocycles. The molecule has 6 atom stereocenters. The first-order chi connectivity index (χ1) is 23.1. The number of anilines is 2. The van der Waals surface area contributed by atoms with E-state index in [1.165, 1.54) is 20.2 Å². The summed E-state index contributed by atoms with van der Waals surface area (Å²) in [5, 5.41) is 15.4. The van der Waals surface area contributed by atoms with E-state index in [9.17, 15) is 14.5 Å². The van der Waals surface area contributed by atoms with Gasteiger partial charge in [0.25, 0.3) is 0 Å². The maximum absolute atomic E-state index is 15.9. The van der Waals surface area contributed by atoms with Crippen LogP contribution in [0.15, 0.2) is 48.8 Å². The van der Waals surface area contributed by atoms with Gasteiger partial charge in [-0.3, -0.25) is 9.32 Å². The first-order valence-electron chi connectivity index (χ1n) is 16.3. The van der Waals surface area contributed by atoms with Crippen molar-refractivity contribution in [3.8, 4) is 5.75 Å². The maximum Gasteiger partial charge on any atom is 0.459 e. The van der Waals surface area contributed by atoms with Crippen molar-refractivity contribution in [2.24, 2.45) is 5.41 Å². The van der Waals surface area contributed by atoms with E-state index in [1.54, 1.807) is 28.8 Å². The number of fused-ring (bicyclic) bond motifs is 2. The molecule has 2 aliphatic heterocycles. The minimum Gasteiger partial charge on any atom is -0.464 e. The highest BCUT2D eigenvalue weighted by molar-refractivity contribution is 7.52. The highest BCUT2D eigenvalue weighted by Gasteiger charge is 2.54. The van der Waals surface area contributed by atoms with Crippen molar-refractivity contribution in [1.29, 1.82) is 0 Å². The summed E-state index contributed by atoms with van der Waals surface area (Å²) in [6.45, 7) is 9.72. The van der Waals surface area contributed by atoms with E-state index in [0.29, 0.717) is 22.4 Å². The van der Waals surface area contributed by atoms with E-state index in [-0.39, 0.29) is 30.3 Å². The van der Waals surface area contributed by atoms with Crippen LogP contribution in [0.5, 0.6) is 5.75 Å². The number of carbonyl (C=O) groups excluding carboxylic acids is 1. The standard InChI is InChI=1S/C33H43FN7O7P/c1-20(30(42)45-18-32(2,3)4)39-49(44,48-23-13-8-11-21-10-6-7-12-22(21)23)46-17-24-27(34)33(5,43)25(47-24)16-41-19-36-26-28(40-14-9-15-40)37-31(35)38-29(26)41/h6-8,10-13,19-20,24-25,27,43H,9,14-18H2,1-5H3,(H,39,44)(H2,35,37,38)/t20-,24+,25-,27+,33-,49?/m0/s1. The molecule has 0 saturated carbocycles. The van der Waals surface area contributed by atoms with Crippen molar-refractivity contribution in [2.75, 3.05) is 36.9 Å². The van der Waals surface area contributed by atoms with Crippen LogP contribution in [-0.4, -0.2) is 86.9 Å². The fourth-order valence-corrected chi connectivity index (χ4v) is 7.22. The van der Waals surface area contributed by atoms with Crippen molar-refractivity contribution in [2.45, 2.75) is 77.6 Å².